The topological polar surface area (TPSA) is 111 Å². The summed E-state index contributed by atoms with van der Waals surface area (Å²) in [6.07, 6.45) is -2.65. The minimum absolute atomic E-state index is 0.00996. The number of rotatable bonds is 7. The minimum atomic E-state index is -5.24. The van der Waals surface area contributed by atoms with Gasteiger partial charge in [-0.05, 0) is 12.1 Å². The maximum atomic E-state index is 14.2. The van der Waals surface area contributed by atoms with E-state index in [1.165, 1.54) is 0 Å². The van der Waals surface area contributed by atoms with Crippen LogP contribution in [-0.4, -0.2) is 33.8 Å². The molecule has 0 atom stereocenters. The van der Waals surface area contributed by atoms with Gasteiger partial charge in [-0.15, -0.1) is 21.5 Å². The second-order valence-electron chi connectivity index (χ2n) is 5.15. The smallest absolute Gasteiger partial charge is 0.370 e. The van der Waals surface area contributed by atoms with Gasteiger partial charge < -0.3 is 4.42 Å². The molecule has 3 rings (SSSR count). The predicted molar refractivity (Wildman–Crippen MR) is 85.8 cm³/mol. The minimum Gasteiger partial charge on any atom is -0.414 e. The van der Waals surface area contributed by atoms with E-state index in [2.05, 4.69) is 24.6 Å². The van der Waals surface area contributed by atoms with Gasteiger partial charge in [0.25, 0.3) is 21.8 Å². The number of anilines is 1. The summed E-state index contributed by atoms with van der Waals surface area (Å²) in [6, 6.07) is 1.72. The quantitative estimate of drug-likeness (QED) is 0.561. The molecule has 3 aromatic rings. The monoisotopic (exact) mass is 441 g/mol. The van der Waals surface area contributed by atoms with Gasteiger partial charge in [-0.3, -0.25) is 4.72 Å². The van der Waals surface area contributed by atoms with Gasteiger partial charge in [0.1, 0.15) is 21.5 Å². The number of alkyl halides is 4. The van der Waals surface area contributed by atoms with Gasteiger partial charge in [-0.1, -0.05) is 0 Å². The van der Waals surface area contributed by atoms with Gasteiger partial charge in [0.2, 0.25) is 0 Å². The third-order valence-corrected chi connectivity index (χ3v) is 5.50. The second-order valence-corrected chi connectivity index (χ2v) is 8.07. The highest BCUT2D eigenvalue weighted by atomic mass is 32.2. The van der Waals surface area contributed by atoms with Crippen LogP contribution in [0.5, 0.6) is 0 Å². The number of sulfonamides is 1. The maximum Gasteiger partial charge on any atom is 0.370 e. The van der Waals surface area contributed by atoms with Crippen LogP contribution in [0.15, 0.2) is 28.9 Å². The van der Waals surface area contributed by atoms with Crippen LogP contribution in [0.3, 0.4) is 0 Å². The Morgan fingerprint density at radius 3 is 2.54 bits per heavy atom. The Morgan fingerprint density at radius 1 is 1.18 bits per heavy atom. The van der Waals surface area contributed by atoms with Crippen LogP contribution < -0.4 is 4.72 Å². The number of nitrogens with zero attached hydrogens (tertiary/aromatic N) is 4. The molecule has 150 valence electrons. The number of aromatic nitrogens is 4. The molecule has 0 radical (unpaired) electrons. The Bertz CT molecular complexity index is 1070. The first-order chi connectivity index (χ1) is 13.1. The Kier molecular flexibility index (Phi) is 5.29. The van der Waals surface area contributed by atoms with E-state index in [4.69, 9.17) is 0 Å². The van der Waals surface area contributed by atoms with Crippen molar-refractivity contribution in [2.75, 3.05) is 4.72 Å². The van der Waals surface area contributed by atoms with E-state index in [1.807, 2.05) is 0 Å². The first-order valence-corrected chi connectivity index (χ1v) is 9.46. The van der Waals surface area contributed by atoms with E-state index in [9.17, 15) is 30.4 Å². The van der Waals surface area contributed by atoms with Crippen molar-refractivity contribution in [3.05, 3.63) is 41.2 Å². The van der Waals surface area contributed by atoms with E-state index < -0.39 is 45.6 Å². The molecular formula is C13H8F5N5O3S2. The molecule has 0 aliphatic heterocycles. The van der Waals surface area contributed by atoms with Gasteiger partial charge in [0.05, 0.1) is 18.8 Å². The van der Waals surface area contributed by atoms with Gasteiger partial charge in [-0.2, -0.15) is 17.6 Å². The number of thiazole rings is 1. The summed E-state index contributed by atoms with van der Waals surface area (Å²) in [5.41, 5.74) is 0. The van der Waals surface area contributed by atoms with Crippen LogP contribution in [0.25, 0.3) is 10.8 Å². The lowest BCUT2D eigenvalue weighted by Crippen LogP contribution is -2.36. The molecule has 1 N–H and O–H groups in total. The second kappa shape index (κ2) is 7.38. The van der Waals surface area contributed by atoms with Crippen molar-refractivity contribution in [3.8, 4) is 10.8 Å². The van der Waals surface area contributed by atoms with Crippen LogP contribution >= 0.6 is 11.3 Å². The van der Waals surface area contributed by atoms with Crippen LogP contribution in [-0.2, 0) is 16.4 Å². The van der Waals surface area contributed by atoms with Gasteiger partial charge in [0.15, 0.2) is 0 Å². The molecule has 8 nitrogen and oxygen atoms in total. The third kappa shape index (κ3) is 4.24. The standard InChI is InChI=1S/C13H8F5N5O3S2/c14-6-1-2-8(19-4-6)23-28(24,25)13(17,18)3-9-20-5-7(27-9)11-21-22-12(26-11)10(15)16/h1-2,4-5,10H,3H2,(H,19,23). The highest BCUT2D eigenvalue weighted by Crippen LogP contribution is 2.33. The molecule has 0 aliphatic rings. The van der Waals surface area contributed by atoms with Gasteiger partial charge in [-0.25, -0.2) is 22.8 Å². The third-order valence-electron chi connectivity index (χ3n) is 3.11. The zero-order valence-corrected chi connectivity index (χ0v) is 14.9. The molecule has 0 amide bonds. The molecular weight excluding hydrogens is 433 g/mol. The molecule has 15 heteroatoms. The summed E-state index contributed by atoms with van der Waals surface area (Å²) >= 11 is 0.573. The summed E-state index contributed by atoms with van der Waals surface area (Å²) in [5.74, 6) is -2.58. The lowest BCUT2D eigenvalue weighted by molar-refractivity contribution is 0.0933. The zero-order valence-electron chi connectivity index (χ0n) is 13.3. The summed E-state index contributed by atoms with van der Waals surface area (Å²) in [5, 5.41) is 1.81. The van der Waals surface area contributed by atoms with Crippen molar-refractivity contribution in [2.24, 2.45) is 0 Å². The number of halogens is 5. The summed E-state index contributed by atoms with van der Waals surface area (Å²) in [6.45, 7) is 0. The average Bonchev–Trinajstić information content (AvgIpc) is 3.25. The molecule has 0 saturated carbocycles. The van der Waals surface area contributed by atoms with Crippen molar-refractivity contribution in [1.82, 2.24) is 20.2 Å². The molecule has 0 aromatic carbocycles. The molecule has 0 saturated heterocycles. The molecule has 0 unspecified atom stereocenters. The largest absolute Gasteiger partial charge is 0.414 e. The number of nitrogens with one attached hydrogen (secondary N) is 1. The SMILES string of the molecule is O=S(=O)(Nc1ccc(F)cn1)C(F)(F)Cc1ncc(-c2nnc(C(F)F)o2)s1. The van der Waals surface area contributed by atoms with Crippen LogP contribution in [0.2, 0.25) is 0 Å². The molecule has 0 spiro atoms. The normalized spacial score (nSPS) is 12.5. The molecule has 0 bridgehead atoms. The lowest BCUT2D eigenvalue weighted by atomic mass is 10.4. The number of hydrogen-bond acceptors (Lipinski definition) is 8. The van der Waals surface area contributed by atoms with Crippen molar-refractivity contribution >= 4 is 27.2 Å². The average molecular weight is 441 g/mol. The van der Waals surface area contributed by atoms with Crippen LogP contribution in [0, 0.1) is 5.82 Å². The van der Waals surface area contributed by atoms with Crippen molar-refractivity contribution < 1.29 is 34.8 Å². The molecule has 3 heterocycles. The first-order valence-electron chi connectivity index (χ1n) is 7.16. The number of pyridine rings is 1. The van der Waals surface area contributed by atoms with Gasteiger partial charge in [0, 0.05) is 0 Å². The Balaban J connectivity index is 1.76. The fraction of sp³-hybridized carbons (Fsp3) is 0.231. The van der Waals surface area contributed by atoms with E-state index in [-0.39, 0.29) is 15.8 Å². The predicted octanol–water partition coefficient (Wildman–Crippen LogP) is 3.24. The number of hydrogen-bond donors (Lipinski definition) is 1. The first kappa shape index (κ1) is 20.1. The van der Waals surface area contributed by atoms with Crippen molar-refractivity contribution in [3.63, 3.8) is 0 Å². The van der Waals surface area contributed by atoms with Crippen molar-refractivity contribution in [1.29, 1.82) is 0 Å². The van der Waals surface area contributed by atoms with Crippen LogP contribution in [0.1, 0.15) is 17.3 Å². The van der Waals surface area contributed by atoms with E-state index in [0.717, 1.165) is 18.3 Å². The van der Waals surface area contributed by atoms with E-state index >= 15 is 0 Å². The Labute approximate surface area is 157 Å². The fourth-order valence-electron chi connectivity index (χ4n) is 1.83. The van der Waals surface area contributed by atoms with Crippen molar-refractivity contribution in [2.45, 2.75) is 18.1 Å². The zero-order chi connectivity index (χ0) is 20.5. The molecule has 28 heavy (non-hydrogen) atoms. The van der Waals surface area contributed by atoms with E-state index in [0.29, 0.717) is 17.5 Å². The summed E-state index contributed by atoms with van der Waals surface area (Å²) in [4.78, 5) is 6.98. The highest BCUT2D eigenvalue weighted by Gasteiger charge is 2.46. The molecule has 0 aliphatic carbocycles. The maximum absolute atomic E-state index is 14.2. The fourth-order valence-corrected chi connectivity index (χ4v) is 3.68. The van der Waals surface area contributed by atoms with Crippen LogP contribution in [0.4, 0.5) is 27.8 Å². The summed E-state index contributed by atoms with van der Waals surface area (Å²) < 4.78 is 96.2. The van der Waals surface area contributed by atoms with E-state index in [1.54, 1.807) is 4.72 Å². The molecule has 3 aromatic heterocycles. The Morgan fingerprint density at radius 2 is 1.93 bits per heavy atom. The molecule has 0 fully saturated rings. The highest BCUT2D eigenvalue weighted by molar-refractivity contribution is 7.93. The lowest BCUT2D eigenvalue weighted by Gasteiger charge is -2.16. The van der Waals surface area contributed by atoms with Gasteiger partial charge >= 0.3 is 11.7 Å². The summed E-state index contributed by atoms with van der Waals surface area (Å²) in [7, 11) is -5.24. The Hall–Kier alpha value is -2.68.